The molecule has 0 saturated heterocycles. The number of urea groups is 1. The van der Waals surface area contributed by atoms with Crippen molar-refractivity contribution in [3.63, 3.8) is 0 Å². The second kappa shape index (κ2) is 8.37. The zero-order valence-corrected chi connectivity index (χ0v) is 17.0. The molecule has 0 saturated carbocycles. The predicted molar refractivity (Wildman–Crippen MR) is 122 cm³/mol. The average Bonchev–Trinajstić information content (AvgIpc) is 3.08. The number of rotatable bonds is 2. The summed E-state index contributed by atoms with van der Waals surface area (Å²) in [7, 11) is 0. The number of H-pyrrole nitrogens is 1. The van der Waals surface area contributed by atoms with E-state index in [1.54, 1.807) is 30.3 Å². The molecular formula is C22H15Cl2N5O. The molecule has 2 amide bonds. The summed E-state index contributed by atoms with van der Waals surface area (Å²) in [5, 5.41) is 14.0. The lowest BCUT2D eigenvalue weighted by molar-refractivity contribution is 0.262. The molecule has 0 aliphatic heterocycles. The minimum Gasteiger partial charge on any atom is -0.382 e. The van der Waals surface area contributed by atoms with Gasteiger partial charge in [0.15, 0.2) is 5.82 Å². The van der Waals surface area contributed by atoms with Crippen molar-refractivity contribution in [2.45, 2.75) is 0 Å². The van der Waals surface area contributed by atoms with Crippen LogP contribution in [0.1, 0.15) is 11.1 Å². The summed E-state index contributed by atoms with van der Waals surface area (Å²) in [6.45, 7) is 0. The van der Waals surface area contributed by atoms with E-state index in [2.05, 4.69) is 32.7 Å². The van der Waals surface area contributed by atoms with Crippen molar-refractivity contribution < 1.29 is 4.79 Å². The molecular weight excluding hydrogens is 421 g/mol. The molecule has 3 aromatic carbocycles. The number of nitrogens with two attached hydrogens (primary N) is 1. The minimum absolute atomic E-state index is 0.408. The van der Waals surface area contributed by atoms with E-state index >= 15 is 0 Å². The molecule has 4 aromatic rings. The zero-order valence-electron chi connectivity index (χ0n) is 15.5. The van der Waals surface area contributed by atoms with E-state index in [0.717, 1.165) is 22.0 Å². The molecule has 5 N–H and O–H groups in total. The third kappa shape index (κ3) is 4.49. The highest BCUT2D eigenvalue weighted by atomic mass is 35.5. The van der Waals surface area contributed by atoms with Crippen molar-refractivity contribution in [1.82, 2.24) is 10.2 Å². The first-order valence-electron chi connectivity index (χ1n) is 8.87. The number of benzene rings is 3. The fourth-order valence-corrected chi connectivity index (χ4v) is 3.42. The monoisotopic (exact) mass is 435 g/mol. The standard InChI is InChI=1S/C22H15Cl2N5O/c23-15-10-16(24)12-18(11-15)27-22(30)26-17-8-5-13(6-9-17)4-7-14-2-1-3-19-20(14)21(25)29-28-19/h1-3,5-6,8-12H,(H3,25,28,29)(H2,26,27,30). The Morgan fingerprint density at radius 3 is 2.37 bits per heavy atom. The van der Waals surface area contributed by atoms with Gasteiger partial charge in [0.05, 0.1) is 10.9 Å². The van der Waals surface area contributed by atoms with Gasteiger partial charge in [-0.3, -0.25) is 5.10 Å². The van der Waals surface area contributed by atoms with Gasteiger partial charge in [-0.1, -0.05) is 41.1 Å². The fraction of sp³-hybridized carbons (Fsp3) is 0. The number of hydrogen-bond acceptors (Lipinski definition) is 3. The van der Waals surface area contributed by atoms with E-state index < -0.39 is 6.03 Å². The summed E-state index contributed by atoms with van der Waals surface area (Å²) >= 11 is 11.9. The van der Waals surface area contributed by atoms with Gasteiger partial charge in [-0.05, 0) is 54.6 Å². The lowest BCUT2D eigenvalue weighted by atomic mass is 10.1. The second-order valence-electron chi connectivity index (χ2n) is 6.40. The summed E-state index contributed by atoms with van der Waals surface area (Å²) in [5.74, 6) is 6.64. The summed E-state index contributed by atoms with van der Waals surface area (Å²) in [6.07, 6.45) is 0. The number of fused-ring (bicyclic) bond motifs is 1. The topological polar surface area (TPSA) is 95.8 Å². The van der Waals surface area contributed by atoms with Crippen molar-refractivity contribution in [2.75, 3.05) is 16.4 Å². The minimum atomic E-state index is -0.408. The predicted octanol–water partition coefficient (Wildman–Crippen LogP) is 5.50. The molecule has 0 fully saturated rings. The smallest absolute Gasteiger partial charge is 0.323 e. The first-order valence-corrected chi connectivity index (χ1v) is 9.62. The molecule has 0 aliphatic rings. The molecule has 1 aromatic heterocycles. The lowest BCUT2D eigenvalue weighted by Crippen LogP contribution is -2.19. The van der Waals surface area contributed by atoms with Gasteiger partial charge in [-0.25, -0.2) is 4.79 Å². The first-order chi connectivity index (χ1) is 14.5. The van der Waals surface area contributed by atoms with Gasteiger partial charge < -0.3 is 16.4 Å². The van der Waals surface area contributed by atoms with Crippen LogP contribution in [0.25, 0.3) is 10.9 Å². The van der Waals surface area contributed by atoms with E-state index in [1.807, 2.05) is 30.3 Å². The van der Waals surface area contributed by atoms with Crippen LogP contribution in [-0.2, 0) is 0 Å². The van der Waals surface area contributed by atoms with Crippen molar-refractivity contribution in [3.8, 4) is 11.8 Å². The van der Waals surface area contributed by atoms with E-state index in [4.69, 9.17) is 28.9 Å². The fourth-order valence-electron chi connectivity index (χ4n) is 2.90. The maximum absolute atomic E-state index is 12.2. The molecule has 0 unspecified atom stereocenters. The Bertz CT molecular complexity index is 1280. The van der Waals surface area contributed by atoms with Crippen LogP contribution in [-0.4, -0.2) is 16.2 Å². The SMILES string of the molecule is Nc1n[nH]c2cccc(C#Cc3ccc(NC(=O)Nc4cc(Cl)cc(Cl)c4)cc3)c12. The number of carbonyl (C=O) groups is 1. The molecule has 0 spiro atoms. The Morgan fingerprint density at radius 2 is 1.63 bits per heavy atom. The highest BCUT2D eigenvalue weighted by Gasteiger charge is 2.06. The molecule has 4 rings (SSSR count). The van der Waals surface area contributed by atoms with Crippen LogP contribution in [0.4, 0.5) is 22.0 Å². The van der Waals surface area contributed by atoms with Crippen LogP contribution >= 0.6 is 23.2 Å². The Labute approximate surface area is 182 Å². The molecule has 0 aliphatic carbocycles. The summed E-state index contributed by atoms with van der Waals surface area (Å²) < 4.78 is 0. The van der Waals surface area contributed by atoms with Crippen LogP contribution in [0.2, 0.25) is 10.0 Å². The molecule has 0 bridgehead atoms. The molecule has 6 nitrogen and oxygen atoms in total. The van der Waals surface area contributed by atoms with E-state index in [-0.39, 0.29) is 0 Å². The van der Waals surface area contributed by atoms with Crippen LogP contribution in [0.5, 0.6) is 0 Å². The third-order valence-corrected chi connectivity index (χ3v) is 4.66. The first kappa shape index (κ1) is 19.6. The number of anilines is 3. The van der Waals surface area contributed by atoms with Gasteiger partial charge in [0.2, 0.25) is 0 Å². The number of halogens is 2. The Morgan fingerprint density at radius 1 is 0.933 bits per heavy atom. The number of aromatic amines is 1. The molecule has 148 valence electrons. The number of aromatic nitrogens is 2. The normalized spacial score (nSPS) is 10.3. The molecule has 0 radical (unpaired) electrons. The largest absolute Gasteiger partial charge is 0.382 e. The van der Waals surface area contributed by atoms with Crippen LogP contribution in [0.15, 0.2) is 60.7 Å². The number of nitrogens with zero attached hydrogens (tertiary/aromatic N) is 1. The zero-order chi connectivity index (χ0) is 21.1. The van der Waals surface area contributed by atoms with Gasteiger partial charge in [0.25, 0.3) is 0 Å². The number of hydrogen-bond donors (Lipinski definition) is 4. The number of nitrogens with one attached hydrogen (secondary N) is 3. The van der Waals surface area contributed by atoms with Gasteiger partial charge in [-0.2, -0.15) is 5.10 Å². The maximum atomic E-state index is 12.2. The highest BCUT2D eigenvalue weighted by Crippen LogP contribution is 2.23. The molecule has 30 heavy (non-hydrogen) atoms. The highest BCUT2D eigenvalue weighted by molar-refractivity contribution is 6.35. The van der Waals surface area contributed by atoms with E-state index in [0.29, 0.717) is 27.2 Å². The number of amides is 2. The summed E-state index contributed by atoms with van der Waals surface area (Å²) in [6, 6.07) is 17.2. The average molecular weight is 436 g/mol. The van der Waals surface area contributed by atoms with Crippen LogP contribution in [0, 0.1) is 11.8 Å². The van der Waals surface area contributed by atoms with Crippen molar-refractivity contribution in [1.29, 1.82) is 0 Å². The Balaban J connectivity index is 1.45. The Kier molecular flexibility index (Phi) is 5.48. The molecule has 0 atom stereocenters. The van der Waals surface area contributed by atoms with Crippen molar-refractivity contribution in [2.24, 2.45) is 0 Å². The summed E-state index contributed by atoms with van der Waals surface area (Å²) in [5.41, 5.74) is 9.46. The van der Waals surface area contributed by atoms with Crippen LogP contribution in [0.3, 0.4) is 0 Å². The Hall–Kier alpha value is -3.66. The van der Waals surface area contributed by atoms with Gasteiger partial charge in [0, 0.05) is 32.5 Å². The molecule has 8 heteroatoms. The third-order valence-electron chi connectivity index (χ3n) is 4.22. The van der Waals surface area contributed by atoms with Gasteiger partial charge in [0.1, 0.15) is 0 Å². The maximum Gasteiger partial charge on any atom is 0.323 e. The van der Waals surface area contributed by atoms with Gasteiger partial charge >= 0.3 is 6.03 Å². The molecule has 1 heterocycles. The van der Waals surface area contributed by atoms with E-state index in [9.17, 15) is 4.79 Å². The van der Waals surface area contributed by atoms with Crippen molar-refractivity contribution in [3.05, 3.63) is 81.8 Å². The summed E-state index contributed by atoms with van der Waals surface area (Å²) in [4.78, 5) is 12.2. The van der Waals surface area contributed by atoms with E-state index in [1.165, 1.54) is 0 Å². The number of nitrogen functional groups attached to an aromatic ring is 1. The number of carbonyl (C=O) groups excluding carboxylic acids is 1. The van der Waals surface area contributed by atoms with Crippen LogP contribution < -0.4 is 16.4 Å². The lowest BCUT2D eigenvalue weighted by Gasteiger charge is -2.08. The van der Waals surface area contributed by atoms with Gasteiger partial charge in [-0.15, -0.1) is 0 Å². The van der Waals surface area contributed by atoms with Crippen molar-refractivity contribution >= 4 is 57.3 Å². The second-order valence-corrected chi connectivity index (χ2v) is 7.27. The quantitative estimate of drug-likeness (QED) is 0.313.